The van der Waals surface area contributed by atoms with Gasteiger partial charge in [-0.2, -0.15) is 0 Å². The number of nitrogens with zero attached hydrogens (tertiary/aromatic N) is 3. The smallest absolute Gasteiger partial charge is 0.275 e. The highest BCUT2D eigenvalue weighted by atomic mass is 16.2. The molecule has 3 heterocycles. The number of benzene rings is 2. The van der Waals surface area contributed by atoms with Crippen LogP contribution in [-0.2, 0) is 24.3 Å². The second-order valence-corrected chi connectivity index (χ2v) is 6.98. The molecule has 0 unspecified atom stereocenters. The van der Waals surface area contributed by atoms with Crippen LogP contribution in [0.3, 0.4) is 0 Å². The van der Waals surface area contributed by atoms with E-state index >= 15 is 0 Å². The molecule has 0 radical (unpaired) electrons. The predicted molar refractivity (Wildman–Crippen MR) is 105 cm³/mol. The van der Waals surface area contributed by atoms with Crippen LogP contribution in [0.2, 0.25) is 0 Å². The van der Waals surface area contributed by atoms with Gasteiger partial charge in [-0.05, 0) is 41.8 Å². The molecule has 0 atom stereocenters. The van der Waals surface area contributed by atoms with Gasteiger partial charge in [0.15, 0.2) is 0 Å². The van der Waals surface area contributed by atoms with E-state index in [1.165, 1.54) is 11.1 Å². The SMILES string of the molecule is O=C(Cn1c(=O)c2cccn2c2ccccc21)N1CCc2ccccc2C1. The number of fused-ring (bicyclic) bond motifs is 4. The number of rotatable bonds is 2. The van der Waals surface area contributed by atoms with E-state index in [2.05, 4.69) is 12.1 Å². The van der Waals surface area contributed by atoms with E-state index in [-0.39, 0.29) is 18.0 Å². The number of carbonyl (C=O) groups is 1. The Morgan fingerprint density at radius 2 is 1.56 bits per heavy atom. The molecule has 0 fully saturated rings. The number of aromatic nitrogens is 2. The maximum atomic E-state index is 13.0. The van der Waals surface area contributed by atoms with Crippen molar-refractivity contribution in [2.45, 2.75) is 19.5 Å². The third-order valence-electron chi connectivity index (χ3n) is 5.42. The highest BCUT2D eigenvalue weighted by Gasteiger charge is 2.22. The van der Waals surface area contributed by atoms with Gasteiger partial charge < -0.3 is 9.30 Å². The van der Waals surface area contributed by atoms with Crippen molar-refractivity contribution in [1.29, 1.82) is 0 Å². The lowest BCUT2D eigenvalue weighted by Crippen LogP contribution is -2.40. The molecule has 5 nitrogen and oxygen atoms in total. The standard InChI is InChI=1S/C22H19N3O2/c26-21(23-13-11-16-6-1-2-7-17(16)14-23)15-25-19-9-4-3-8-18(19)24-12-5-10-20(24)22(25)27/h1-10,12H,11,13-15H2. The largest absolute Gasteiger partial charge is 0.336 e. The van der Waals surface area contributed by atoms with Crippen LogP contribution in [0.15, 0.2) is 71.7 Å². The molecule has 27 heavy (non-hydrogen) atoms. The maximum absolute atomic E-state index is 13.0. The minimum Gasteiger partial charge on any atom is -0.336 e. The van der Waals surface area contributed by atoms with Gasteiger partial charge in [0.2, 0.25) is 5.91 Å². The van der Waals surface area contributed by atoms with Crippen LogP contribution >= 0.6 is 0 Å². The van der Waals surface area contributed by atoms with E-state index in [0.29, 0.717) is 18.6 Å². The van der Waals surface area contributed by atoms with Crippen molar-refractivity contribution in [2.75, 3.05) is 6.54 Å². The molecule has 134 valence electrons. The Kier molecular flexibility index (Phi) is 3.60. The van der Waals surface area contributed by atoms with Crippen LogP contribution in [-0.4, -0.2) is 26.3 Å². The number of amides is 1. The molecule has 1 aliphatic rings. The van der Waals surface area contributed by atoms with Gasteiger partial charge in [0.05, 0.1) is 11.0 Å². The monoisotopic (exact) mass is 357 g/mol. The summed E-state index contributed by atoms with van der Waals surface area (Å²) in [6, 6.07) is 19.6. The van der Waals surface area contributed by atoms with Crippen LogP contribution in [0, 0.1) is 0 Å². The molecule has 1 aliphatic heterocycles. The average molecular weight is 357 g/mol. The molecule has 5 heteroatoms. The zero-order valence-electron chi connectivity index (χ0n) is 14.8. The summed E-state index contributed by atoms with van der Waals surface area (Å²) in [6.45, 7) is 1.36. The molecule has 2 aromatic heterocycles. The zero-order valence-corrected chi connectivity index (χ0v) is 14.8. The van der Waals surface area contributed by atoms with Gasteiger partial charge in [-0.3, -0.25) is 14.2 Å². The predicted octanol–water partition coefficient (Wildman–Crippen LogP) is 2.84. The summed E-state index contributed by atoms with van der Waals surface area (Å²) in [5.74, 6) is -0.0207. The maximum Gasteiger partial charge on any atom is 0.275 e. The Balaban J connectivity index is 1.54. The Hall–Kier alpha value is -3.34. The zero-order chi connectivity index (χ0) is 18.4. The molecular weight excluding hydrogens is 338 g/mol. The molecule has 4 aromatic rings. The fourth-order valence-electron chi connectivity index (χ4n) is 4.01. The Labute approximate surface area is 156 Å². The average Bonchev–Trinajstić information content (AvgIpc) is 3.21. The van der Waals surface area contributed by atoms with E-state index in [1.54, 1.807) is 10.6 Å². The number of hydrogen-bond donors (Lipinski definition) is 0. The fraction of sp³-hybridized carbons (Fsp3) is 0.182. The van der Waals surface area contributed by atoms with E-state index < -0.39 is 0 Å². The molecule has 0 N–H and O–H groups in total. The molecule has 0 saturated heterocycles. The van der Waals surface area contributed by atoms with Crippen LogP contribution in [0.25, 0.3) is 16.6 Å². The molecular formula is C22H19N3O2. The third kappa shape index (κ3) is 2.54. The topological polar surface area (TPSA) is 46.7 Å². The summed E-state index contributed by atoms with van der Waals surface area (Å²) < 4.78 is 3.49. The van der Waals surface area contributed by atoms with Gasteiger partial charge in [-0.1, -0.05) is 36.4 Å². The van der Waals surface area contributed by atoms with E-state index in [0.717, 1.165) is 17.5 Å². The van der Waals surface area contributed by atoms with Gasteiger partial charge in [-0.25, -0.2) is 0 Å². The highest BCUT2D eigenvalue weighted by Crippen LogP contribution is 2.20. The third-order valence-corrected chi connectivity index (χ3v) is 5.42. The first-order valence-electron chi connectivity index (χ1n) is 9.15. The molecule has 0 bridgehead atoms. The Morgan fingerprint density at radius 3 is 2.41 bits per heavy atom. The molecule has 1 amide bonds. The number of para-hydroxylation sites is 2. The fourth-order valence-corrected chi connectivity index (χ4v) is 4.01. The van der Waals surface area contributed by atoms with Crippen LogP contribution < -0.4 is 5.56 Å². The normalized spacial score (nSPS) is 13.9. The molecule has 0 spiro atoms. The van der Waals surface area contributed by atoms with Crippen LogP contribution in [0.4, 0.5) is 0 Å². The van der Waals surface area contributed by atoms with Crippen LogP contribution in [0.5, 0.6) is 0 Å². The number of carbonyl (C=O) groups excluding carboxylic acids is 1. The van der Waals surface area contributed by atoms with E-state index in [1.807, 2.05) is 58.0 Å². The highest BCUT2D eigenvalue weighted by molar-refractivity contribution is 5.82. The molecule has 5 rings (SSSR count). The van der Waals surface area contributed by atoms with Gasteiger partial charge in [0, 0.05) is 19.3 Å². The minimum absolute atomic E-state index is 0.0207. The summed E-state index contributed by atoms with van der Waals surface area (Å²) in [5, 5.41) is 0. The second-order valence-electron chi connectivity index (χ2n) is 6.98. The van der Waals surface area contributed by atoms with E-state index in [4.69, 9.17) is 0 Å². The van der Waals surface area contributed by atoms with Crippen molar-refractivity contribution in [3.8, 4) is 0 Å². The van der Waals surface area contributed by atoms with Crippen molar-refractivity contribution in [1.82, 2.24) is 13.9 Å². The van der Waals surface area contributed by atoms with Crippen molar-refractivity contribution < 1.29 is 4.79 Å². The first-order chi connectivity index (χ1) is 13.2. The van der Waals surface area contributed by atoms with Crippen molar-refractivity contribution in [3.63, 3.8) is 0 Å². The van der Waals surface area contributed by atoms with Gasteiger partial charge in [0.25, 0.3) is 5.56 Å². The minimum atomic E-state index is -0.135. The van der Waals surface area contributed by atoms with Crippen molar-refractivity contribution in [3.05, 3.63) is 88.3 Å². The Morgan fingerprint density at radius 1 is 0.852 bits per heavy atom. The summed E-state index contributed by atoms with van der Waals surface area (Å²) in [5.41, 5.74) is 4.65. The molecule has 2 aromatic carbocycles. The summed E-state index contributed by atoms with van der Waals surface area (Å²) in [6.07, 6.45) is 2.74. The summed E-state index contributed by atoms with van der Waals surface area (Å²) >= 11 is 0. The Bertz CT molecular complexity index is 1240. The van der Waals surface area contributed by atoms with Crippen molar-refractivity contribution >= 4 is 22.5 Å². The van der Waals surface area contributed by atoms with Crippen molar-refractivity contribution in [2.24, 2.45) is 0 Å². The van der Waals surface area contributed by atoms with E-state index in [9.17, 15) is 9.59 Å². The summed E-state index contributed by atoms with van der Waals surface area (Å²) in [4.78, 5) is 27.9. The first kappa shape index (κ1) is 15.9. The lowest BCUT2D eigenvalue weighted by Gasteiger charge is -2.29. The van der Waals surface area contributed by atoms with Crippen LogP contribution in [0.1, 0.15) is 11.1 Å². The van der Waals surface area contributed by atoms with Gasteiger partial charge >= 0.3 is 0 Å². The quantitative estimate of drug-likeness (QED) is 0.554. The second kappa shape index (κ2) is 6.13. The molecule has 0 saturated carbocycles. The lowest BCUT2D eigenvalue weighted by atomic mass is 10.00. The molecule has 0 aliphatic carbocycles. The number of hydrogen-bond acceptors (Lipinski definition) is 2. The first-order valence-corrected chi connectivity index (χ1v) is 9.15. The lowest BCUT2D eigenvalue weighted by molar-refractivity contribution is -0.132. The van der Waals surface area contributed by atoms with Gasteiger partial charge in [-0.15, -0.1) is 0 Å². The summed E-state index contributed by atoms with van der Waals surface area (Å²) in [7, 11) is 0. The van der Waals surface area contributed by atoms with Gasteiger partial charge in [0.1, 0.15) is 12.1 Å².